The van der Waals surface area contributed by atoms with Gasteiger partial charge in [-0.1, -0.05) is 43.1 Å². The summed E-state index contributed by atoms with van der Waals surface area (Å²) in [6, 6.07) is 4.93. The first-order valence-corrected chi connectivity index (χ1v) is 14.1. The van der Waals surface area contributed by atoms with E-state index in [1.54, 1.807) is 29.0 Å². The number of nitrogens with zero attached hydrogens (tertiary/aromatic N) is 4. The Morgan fingerprint density at radius 3 is 2.54 bits per heavy atom. The number of hydrogen-bond acceptors (Lipinski definition) is 6. The molecule has 1 aliphatic heterocycles. The Hall–Kier alpha value is -2.69. The number of hydrogen-bond donors (Lipinski definition) is 2. The smallest absolute Gasteiger partial charge is 0.302 e. The predicted molar refractivity (Wildman–Crippen MR) is 145 cm³/mol. The molecule has 2 atom stereocenters. The normalized spacial score (nSPS) is 17.8. The standard InChI is InChI=1S/C25H29Cl2N5O4S/c1-14-6-15(2)10-30(9-14)20(33)12-31-11-17(13-37-3)32-24(36)22(34)21(29-25(31)32)23(35)28-8-16-4-5-18(26)19(27)7-16/h4-5,7,11,14-15,34H,6,8-10,12-13H2,1-3H3,(H,28,35). The minimum absolute atomic E-state index is 0.0289. The number of imidazole rings is 1. The minimum atomic E-state index is -0.764. The highest BCUT2D eigenvalue weighted by Gasteiger charge is 2.27. The Morgan fingerprint density at radius 2 is 1.89 bits per heavy atom. The van der Waals surface area contributed by atoms with Crippen LogP contribution in [0.25, 0.3) is 5.78 Å². The van der Waals surface area contributed by atoms with Crippen LogP contribution >= 0.6 is 35.0 Å². The van der Waals surface area contributed by atoms with Crippen LogP contribution in [0.4, 0.5) is 0 Å². The summed E-state index contributed by atoms with van der Waals surface area (Å²) in [6.07, 6.45) is 4.64. The second kappa shape index (κ2) is 11.4. The van der Waals surface area contributed by atoms with Gasteiger partial charge in [-0.15, -0.1) is 0 Å². The Bertz CT molecular complexity index is 1400. The lowest BCUT2D eigenvalue weighted by atomic mass is 9.92. The van der Waals surface area contributed by atoms with Crippen molar-refractivity contribution in [3.8, 4) is 5.75 Å². The fourth-order valence-corrected chi connectivity index (χ4v) is 5.62. The number of nitrogens with one attached hydrogen (secondary N) is 1. The van der Waals surface area contributed by atoms with Gasteiger partial charge in [0.15, 0.2) is 5.69 Å². The highest BCUT2D eigenvalue weighted by Crippen LogP contribution is 2.24. The summed E-state index contributed by atoms with van der Waals surface area (Å²) in [7, 11) is 0. The van der Waals surface area contributed by atoms with Gasteiger partial charge < -0.3 is 19.9 Å². The maximum atomic E-state index is 13.2. The lowest BCUT2D eigenvalue weighted by Crippen LogP contribution is -2.44. The summed E-state index contributed by atoms with van der Waals surface area (Å²) in [5.41, 5.74) is 0.0837. The van der Waals surface area contributed by atoms with E-state index in [1.807, 2.05) is 11.2 Å². The predicted octanol–water partition coefficient (Wildman–Crippen LogP) is 3.81. The van der Waals surface area contributed by atoms with Crippen LogP contribution in [0, 0.1) is 11.8 Å². The molecule has 0 saturated carbocycles. The second-order valence-corrected chi connectivity index (χ2v) is 11.3. The number of rotatable bonds is 7. The molecule has 37 heavy (non-hydrogen) atoms. The molecule has 0 bridgehead atoms. The average molecular weight is 567 g/mol. The van der Waals surface area contributed by atoms with Gasteiger partial charge in [0.2, 0.25) is 17.4 Å². The van der Waals surface area contributed by atoms with Crippen molar-refractivity contribution < 1.29 is 14.7 Å². The molecule has 2 unspecified atom stereocenters. The van der Waals surface area contributed by atoms with Gasteiger partial charge in [0.05, 0.1) is 15.7 Å². The van der Waals surface area contributed by atoms with E-state index in [0.717, 1.165) is 6.42 Å². The van der Waals surface area contributed by atoms with Crippen molar-refractivity contribution in [1.29, 1.82) is 0 Å². The summed E-state index contributed by atoms with van der Waals surface area (Å²) in [6.45, 7) is 5.67. The van der Waals surface area contributed by atoms with E-state index in [2.05, 4.69) is 24.1 Å². The highest BCUT2D eigenvalue weighted by molar-refractivity contribution is 7.97. The first kappa shape index (κ1) is 27.3. The van der Waals surface area contributed by atoms with Gasteiger partial charge in [-0.05, 0) is 42.2 Å². The molecule has 2 aromatic heterocycles. The molecule has 12 heteroatoms. The lowest BCUT2D eigenvalue weighted by molar-refractivity contribution is -0.134. The third-order valence-electron chi connectivity index (χ3n) is 6.36. The van der Waals surface area contributed by atoms with E-state index in [0.29, 0.717) is 52.0 Å². The van der Waals surface area contributed by atoms with Gasteiger partial charge in [-0.25, -0.2) is 9.38 Å². The van der Waals surface area contributed by atoms with Crippen LogP contribution in [0.2, 0.25) is 10.0 Å². The van der Waals surface area contributed by atoms with Gasteiger partial charge >= 0.3 is 5.56 Å². The van der Waals surface area contributed by atoms with Gasteiger partial charge in [0.25, 0.3) is 5.91 Å². The van der Waals surface area contributed by atoms with Crippen LogP contribution < -0.4 is 10.9 Å². The molecule has 198 valence electrons. The van der Waals surface area contributed by atoms with Gasteiger partial charge in [-0.2, -0.15) is 11.8 Å². The van der Waals surface area contributed by atoms with E-state index < -0.39 is 22.9 Å². The number of piperidine rings is 1. The fourth-order valence-electron chi connectivity index (χ4n) is 4.80. The molecule has 0 radical (unpaired) electrons. The number of carbonyl (C=O) groups is 2. The molecular weight excluding hydrogens is 537 g/mol. The maximum Gasteiger partial charge on any atom is 0.302 e. The number of benzene rings is 1. The van der Waals surface area contributed by atoms with E-state index in [9.17, 15) is 19.5 Å². The zero-order valence-corrected chi connectivity index (χ0v) is 23.2. The van der Waals surface area contributed by atoms with Crippen molar-refractivity contribution in [2.24, 2.45) is 11.8 Å². The first-order valence-electron chi connectivity index (χ1n) is 11.9. The SMILES string of the molecule is CSCc1cn(CC(=O)N2CC(C)CC(C)C2)c2nc(C(=O)NCc3ccc(Cl)c(Cl)c3)c(O)c(=O)n12. The molecule has 3 aromatic rings. The third kappa shape index (κ3) is 5.91. The summed E-state index contributed by atoms with van der Waals surface area (Å²) in [5.74, 6) is -0.173. The Kier molecular flexibility index (Phi) is 8.40. The van der Waals surface area contributed by atoms with Crippen LogP contribution in [-0.4, -0.2) is 55.1 Å². The fraction of sp³-hybridized carbons (Fsp3) is 0.440. The molecule has 2 amide bonds. The zero-order valence-electron chi connectivity index (χ0n) is 20.8. The van der Waals surface area contributed by atoms with E-state index in [4.69, 9.17) is 23.2 Å². The van der Waals surface area contributed by atoms with E-state index >= 15 is 0 Å². The Labute approximate surface area is 228 Å². The molecule has 9 nitrogen and oxygen atoms in total. The Morgan fingerprint density at radius 1 is 1.19 bits per heavy atom. The summed E-state index contributed by atoms with van der Waals surface area (Å²) < 4.78 is 2.84. The van der Waals surface area contributed by atoms with E-state index in [-0.39, 0.29) is 24.8 Å². The molecular formula is C25H29Cl2N5O4S. The van der Waals surface area contributed by atoms with Crippen molar-refractivity contribution in [3.63, 3.8) is 0 Å². The van der Waals surface area contributed by atoms with Crippen molar-refractivity contribution in [2.75, 3.05) is 19.3 Å². The number of carbonyl (C=O) groups excluding carboxylic acids is 2. The number of likely N-dealkylation sites (tertiary alicyclic amines) is 1. The molecule has 1 saturated heterocycles. The van der Waals surface area contributed by atoms with Crippen molar-refractivity contribution in [2.45, 2.75) is 39.1 Å². The number of halogens is 2. The van der Waals surface area contributed by atoms with Crippen LogP contribution in [0.15, 0.2) is 29.2 Å². The number of amides is 2. The van der Waals surface area contributed by atoms with Crippen LogP contribution in [0.3, 0.4) is 0 Å². The molecule has 4 rings (SSSR count). The van der Waals surface area contributed by atoms with Crippen LogP contribution in [0.5, 0.6) is 5.75 Å². The second-order valence-electron chi connectivity index (χ2n) is 9.61. The number of aromatic nitrogens is 3. The van der Waals surface area contributed by atoms with Crippen LogP contribution in [-0.2, 0) is 23.6 Å². The Balaban J connectivity index is 1.65. The molecule has 1 aromatic carbocycles. The number of thioether (sulfide) groups is 1. The summed E-state index contributed by atoms with van der Waals surface area (Å²) in [4.78, 5) is 45.5. The number of aromatic hydroxyl groups is 1. The monoisotopic (exact) mass is 565 g/mol. The highest BCUT2D eigenvalue weighted by atomic mass is 35.5. The molecule has 0 spiro atoms. The molecule has 3 heterocycles. The zero-order chi connectivity index (χ0) is 26.9. The summed E-state index contributed by atoms with van der Waals surface area (Å²) >= 11 is 13.5. The molecule has 0 aliphatic carbocycles. The van der Waals surface area contributed by atoms with Crippen molar-refractivity contribution in [3.05, 3.63) is 61.7 Å². The largest absolute Gasteiger partial charge is 0.501 e. The molecule has 1 aliphatic rings. The molecule has 2 N–H and O–H groups in total. The topological polar surface area (TPSA) is 109 Å². The lowest BCUT2D eigenvalue weighted by Gasteiger charge is -2.35. The van der Waals surface area contributed by atoms with Gasteiger partial charge in [-0.3, -0.25) is 14.4 Å². The summed E-state index contributed by atoms with van der Waals surface area (Å²) in [5, 5.41) is 14.0. The van der Waals surface area contributed by atoms with Gasteiger partial charge in [0.1, 0.15) is 6.54 Å². The number of fused-ring (bicyclic) bond motifs is 1. The average Bonchev–Trinajstić information content (AvgIpc) is 3.18. The van der Waals surface area contributed by atoms with Crippen molar-refractivity contribution >= 4 is 52.6 Å². The third-order valence-corrected chi connectivity index (χ3v) is 7.69. The van der Waals surface area contributed by atoms with Gasteiger partial charge in [0, 0.05) is 31.6 Å². The molecule has 1 fully saturated rings. The first-order chi connectivity index (χ1) is 17.6. The maximum absolute atomic E-state index is 13.2. The van der Waals surface area contributed by atoms with Crippen LogP contribution in [0.1, 0.15) is 42.0 Å². The van der Waals surface area contributed by atoms with Crippen molar-refractivity contribution in [1.82, 2.24) is 24.2 Å². The minimum Gasteiger partial charge on any atom is -0.501 e. The van der Waals surface area contributed by atoms with E-state index in [1.165, 1.54) is 16.2 Å². The quantitative estimate of drug-likeness (QED) is 0.451.